The molecular weight excluding hydrogens is 155 g/mol. The third-order valence-corrected chi connectivity index (χ3v) is 2.20. The molecule has 2 heteroatoms. The first-order valence-electron chi connectivity index (χ1n) is 4.06. The van der Waals surface area contributed by atoms with Crippen molar-refractivity contribution in [3.63, 3.8) is 0 Å². The second-order valence-corrected chi connectivity index (χ2v) is 3.72. The van der Waals surface area contributed by atoms with E-state index in [1.165, 1.54) is 6.08 Å². The van der Waals surface area contributed by atoms with Gasteiger partial charge in [-0.3, -0.25) is 0 Å². The first kappa shape index (κ1) is 9.46. The van der Waals surface area contributed by atoms with Gasteiger partial charge in [-0.1, -0.05) is 31.6 Å². The Morgan fingerprint density at radius 3 is 2.75 bits per heavy atom. The third-order valence-electron chi connectivity index (χ3n) is 2.20. The Balaban J connectivity index is 2.76. The van der Waals surface area contributed by atoms with E-state index in [1.807, 2.05) is 19.9 Å². The van der Waals surface area contributed by atoms with Crippen molar-refractivity contribution in [1.29, 1.82) is 0 Å². The van der Waals surface area contributed by atoms with Crippen LogP contribution in [0, 0.1) is 11.6 Å². The van der Waals surface area contributed by atoms with Gasteiger partial charge in [0.1, 0.15) is 0 Å². The maximum Gasteiger partial charge on any atom is 0.170 e. The molecule has 0 spiro atoms. The van der Waals surface area contributed by atoms with Crippen LogP contribution >= 0.6 is 0 Å². The van der Waals surface area contributed by atoms with E-state index in [0.717, 1.165) is 5.57 Å². The van der Waals surface area contributed by atoms with Gasteiger partial charge in [-0.2, -0.15) is 0 Å². The van der Waals surface area contributed by atoms with Gasteiger partial charge in [0.05, 0.1) is 6.61 Å². The monoisotopic (exact) mass is 169 g/mol. The summed E-state index contributed by atoms with van der Waals surface area (Å²) in [7, 11) is 0. The summed E-state index contributed by atoms with van der Waals surface area (Å²) in [6, 6.07) is 0. The fourth-order valence-corrected chi connectivity index (χ4v) is 1.13. The molecule has 0 atom stereocenters. The van der Waals surface area contributed by atoms with Gasteiger partial charge in [0, 0.05) is 11.8 Å². The normalized spacial score (nSPS) is 19.5. The van der Waals surface area contributed by atoms with Gasteiger partial charge in [-0.15, -0.1) is 0 Å². The minimum absolute atomic E-state index is 0.0555. The average molecular weight is 169 g/mol. The molecule has 1 aliphatic carbocycles. The number of halogens is 1. The molecule has 0 fully saturated rings. The Morgan fingerprint density at radius 1 is 1.58 bits per heavy atom. The van der Waals surface area contributed by atoms with Crippen LogP contribution in [0.4, 0.5) is 4.39 Å². The van der Waals surface area contributed by atoms with Crippen molar-refractivity contribution >= 4 is 0 Å². The molecule has 12 heavy (non-hydrogen) atoms. The van der Waals surface area contributed by atoms with Crippen LogP contribution in [0.5, 0.6) is 0 Å². The van der Waals surface area contributed by atoms with E-state index >= 15 is 0 Å². The van der Waals surface area contributed by atoms with Crippen LogP contribution in [0.2, 0.25) is 0 Å². The van der Waals surface area contributed by atoms with E-state index in [-0.39, 0.29) is 18.2 Å². The van der Waals surface area contributed by atoms with Crippen molar-refractivity contribution in [1.82, 2.24) is 0 Å². The van der Waals surface area contributed by atoms with Crippen LogP contribution < -0.4 is 0 Å². The van der Waals surface area contributed by atoms with Crippen molar-refractivity contribution in [2.24, 2.45) is 5.41 Å². The largest absolute Gasteiger partial charge is 0.395 e. The fourth-order valence-electron chi connectivity index (χ4n) is 1.13. The van der Waals surface area contributed by atoms with Gasteiger partial charge in [-0.05, 0) is 6.08 Å². The molecule has 0 aromatic carbocycles. The summed E-state index contributed by atoms with van der Waals surface area (Å²) < 4.78 is 12.8. The summed E-state index contributed by atoms with van der Waals surface area (Å²) in [6.45, 7) is 3.87. The molecule has 0 heterocycles. The molecule has 1 radical (unpaired) electrons. The lowest BCUT2D eigenvalue weighted by molar-refractivity contribution is 0.185. The molecule has 0 unspecified atom stereocenters. The number of aliphatic hydroxyl groups excluding tert-OH is 1. The number of hydrogen-bond acceptors (Lipinski definition) is 1. The Morgan fingerprint density at radius 2 is 2.25 bits per heavy atom. The summed E-state index contributed by atoms with van der Waals surface area (Å²) in [5, 5.41) is 9.04. The summed E-state index contributed by atoms with van der Waals surface area (Å²) in [5.74, 6) is 0. The minimum Gasteiger partial charge on any atom is -0.395 e. The Kier molecular flexibility index (Phi) is 2.68. The second-order valence-electron chi connectivity index (χ2n) is 3.72. The predicted molar refractivity (Wildman–Crippen MR) is 47.1 cm³/mol. The summed E-state index contributed by atoms with van der Waals surface area (Å²) >= 11 is 0. The number of aliphatic hydroxyl groups is 1. The van der Waals surface area contributed by atoms with E-state index in [9.17, 15) is 4.39 Å². The van der Waals surface area contributed by atoms with Crippen LogP contribution in [0.1, 0.15) is 20.3 Å². The highest BCUT2D eigenvalue weighted by Gasteiger charge is 2.25. The quantitative estimate of drug-likeness (QED) is 0.673. The van der Waals surface area contributed by atoms with Gasteiger partial charge in [0.2, 0.25) is 0 Å². The zero-order valence-electron chi connectivity index (χ0n) is 7.47. The lowest BCUT2D eigenvalue weighted by Gasteiger charge is -2.27. The van der Waals surface area contributed by atoms with E-state index in [1.54, 1.807) is 6.08 Å². The van der Waals surface area contributed by atoms with Crippen LogP contribution in [0.3, 0.4) is 0 Å². The van der Waals surface area contributed by atoms with Crippen LogP contribution in [-0.2, 0) is 0 Å². The molecule has 0 aromatic rings. The summed E-state index contributed by atoms with van der Waals surface area (Å²) in [4.78, 5) is 0. The highest BCUT2D eigenvalue weighted by atomic mass is 19.1. The zero-order valence-corrected chi connectivity index (χ0v) is 7.47. The van der Waals surface area contributed by atoms with E-state index in [2.05, 4.69) is 0 Å². The molecule has 0 saturated carbocycles. The lowest BCUT2D eigenvalue weighted by atomic mass is 9.80. The van der Waals surface area contributed by atoms with Gasteiger partial charge in [0.15, 0.2) is 6.17 Å². The van der Waals surface area contributed by atoms with Crippen molar-refractivity contribution < 1.29 is 9.50 Å². The molecule has 0 amide bonds. The number of allylic oxidation sites excluding steroid dienone is 3. The molecule has 0 saturated heterocycles. The smallest absolute Gasteiger partial charge is 0.170 e. The molecule has 0 bridgehead atoms. The van der Waals surface area contributed by atoms with Gasteiger partial charge in [-0.25, -0.2) is 4.39 Å². The van der Waals surface area contributed by atoms with Crippen LogP contribution in [0.15, 0.2) is 23.8 Å². The number of hydrogen-bond donors (Lipinski definition) is 1. The van der Waals surface area contributed by atoms with Crippen molar-refractivity contribution in [3.8, 4) is 0 Å². The first-order chi connectivity index (χ1) is 5.56. The first-order valence-corrected chi connectivity index (χ1v) is 4.06. The molecule has 1 rings (SSSR count). The third kappa shape index (κ3) is 1.95. The van der Waals surface area contributed by atoms with Crippen LogP contribution in [-0.4, -0.2) is 11.7 Å². The predicted octanol–water partition coefficient (Wildman–Crippen LogP) is 2.39. The molecule has 1 N–H and O–H groups in total. The summed E-state index contributed by atoms with van der Waals surface area (Å²) in [5.41, 5.74) is 0.646. The maximum atomic E-state index is 12.8. The highest BCUT2D eigenvalue weighted by Crippen LogP contribution is 2.34. The zero-order chi connectivity index (χ0) is 9.19. The Labute approximate surface area is 72.6 Å². The minimum atomic E-state index is -0.303. The van der Waals surface area contributed by atoms with Gasteiger partial charge < -0.3 is 5.11 Å². The second kappa shape index (κ2) is 3.40. The highest BCUT2D eigenvalue weighted by molar-refractivity contribution is 5.30. The van der Waals surface area contributed by atoms with Gasteiger partial charge in [0.25, 0.3) is 0 Å². The van der Waals surface area contributed by atoms with E-state index in [0.29, 0.717) is 6.42 Å². The number of rotatable bonds is 2. The average Bonchev–Trinajstić information content (AvgIpc) is 2.05. The molecule has 0 aromatic heterocycles. The molecule has 1 nitrogen and oxygen atoms in total. The molecule has 1 aliphatic rings. The maximum absolute atomic E-state index is 12.8. The lowest BCUT2D eigenvalue weighted by Crippen LogP contribution is -2.21. The van der Waals surface area contributed by atoms with Crippen molar-refractivity contribution in [2.45, 2.75) is 20.3 Å². The fraction of sp³-hybridized carbons (Fsp3) is 0.500. The molecular formula is C10H14FO. The SMILES string of the molecule is CC(C)(CO)C1=CC=C[C](F)C1. The molecule has 67 valence electrons. The van der Waals surface area contributed by atoms with E-state index < -0.39 is 0 Å². The Hall–Kier alpha value is -0.630. The van der Waals surface area contributed by atoms with Crippen molar-refractivity contribution in [3.05, 3.63) is 30.0 Å². The van der Waals surface area contributed by atoms with Gasteiger partial charge >= 0.3 is 0 Å². The van der Waals surface area contributed by atoms with Crippen LogP contribution in [0.25, 0.3) is 0 Å². The summed E-state index contributed by atoms with van der Waals surface area (Å²) in [6.07, 6.45) is 5.22. The van der Waals surface area contributed by atoms with E-state index in [4.69, 9.17) is 5.11 Å². The standard InChI is InChI=1S/C10H14FO/c1-10(2,7-12)8-4-3-5-9(11)6-8/h3-5,12H,6-7H2,1-2H3. The topological polar surface area (TPSA) is 20.2 Å². The van der Waals surface area contributed by atoms with Crippen molar-refractivity contribution in [2.75, 3.05) is 6.61 Å². The Bertz CT molecular complexity index is 216. The molecule has 0 aliphatic heterocycles.